The van der Waals surface area contributed by atoms with Gasteiger partial charge in [-0.15, -0.1) is 0 Å². The first kappa shape index (κ1) is 19.9. The number of thioether (sulfide) groups is 1. The largest absolute Gasteiger partial charge is 0.497 e. The Hall–Kier alpha value is -2.82. The Morgan fingerprint density at radius 3 is 2.79 bits per heavy atom. The van der Waals surface area contributed by atoms with Crippen LogP contribution in [-0.2, 0) is 4.79 Å². The molecule has 1 aromatic heterocycles. The van der Waals surface area contributed by atoms with Gasteiger partial charge in [-0.05, 0) is 42.5 Å². The van der Waals surface area contributed by atoms with Gasteiger partial charge in [-0.3, -0.25) is 4.79 Å². The summed E-state index contributed by atoms with van der Waals surface area (Å²) in [4.78, 5) is 16.8. The predicted molar refractivity (Wildman–Crippen MR) is 114 cm³/mol. The number of halogens is 1. The molecule has 1 amide bonds. The highest BCUT2D eigenvalue weighted by Gasteiger charge is 2.11. The summed E-state index contributed by atoms with van der Waals surface area (Å²) < 4.78 is 6.14. The molecule has 0 fully saturated rings. The van der Waals surface area contributed by atoms with E-state index in [1.807, 2.05) is 48.5 Å². The lowest BCUT2D eigenvalue weighted by molar-refractivity contribution is -0.113. The molecule has 2 aromatic carbocycles. The third kappa shape index (κ3) is 5.12. The van der Waals surface area contributed by atoms with E-state index in [9.17, 15) is 10.1 Å². The van der Waals surface area contributed by atoms with Crippen LogP contribution in [0.5, 0.6) is 5.75 Å². The molecule has 0 aliphatic carbocycles. The van der Waals surface area contributed by atoms with Gasteiger partial charge in [-0.1, -0.05) is 45.9 Å². The summed E-state index contributed by atoms with van der Waals surface area (Å²) in [6.45, 7) is 0. The minimum Gasteiger partial charge on any atom is -0.497 e. The fourth-order valence-corrected chi connectivity index (χ4v) is 3.65. The highest BCUT2D eigenvalue weighted by molar-refractivity contribution is 9.10. The normalized spacial score (nSPS) is 10.2. The number of hydrogen-bond acceptors (Lipinski definition) is 5. The van der Waals surface area contributed by atoms with Crippen LogP contribution in [0.25, 0.3) is 11.3 Å². The molecule has 0 saturated heterocycles. The third-order valence-electron chi connectivity index (χ3n) is 3.79. The van der Waals surface area contributed by atoms with Crippen LogP contribution >= 0.6 is 27.7 Å². The number of ether oxygens (including phenoxy) is 1. The molecule has 28 heavy (non-hydrogen) atoms. The van der Waals surface area contributed by atoms with Crippen molar-refractivity contribution in [1.82, 2.24) is 4.98 Å². The fourth-order valence-electron chi connectivity index (χ4n) is 2.48. The van der Waals surface area contributed by atoms with Gasteiger partial charge in [0.05, 0.1) is 24.1 Å². The third-order valence-corrected chi connectivity index (χ3v) is 5.28. The van der Waals surface area contributed by atoms with Crippen molar-refractivity contribution in [2.75, 3.05) is 18.2 Å². The van der Waals surface area contributed by atoms with E-state index in [-0.39, 0.29) is 11.7 Å². The van der Waals surface area contributed by atoms with Crippen LogP contribution in [0.1, 0.15) is 5.56 Å². The van der Waals surface area contributed by atoms with Crippen LogP contribution in [0.4, 0.5) is 5.69 Å². The van der Waals surface area contributed by atoms with E-state index in [1.165, 1.54) is 11.8 Å². The summed E-state index contributed by atoms with van der Waals surface area (Å²) in [5, 5.41) is 12.7. The molecule has 3 rings (SSSR count). The lowest BCUT2D eigenvalue weighted by Gasteiger charge is -2.09. The van der Waals surface area contributed by atoms with Crippen molar-refractivity contribution in [1.29, 1.82) is 5.26 Å². The second kappa shape index (κ2) is 9.40. The number of methoxy groups -OCH3 is 1. The summed E-state index contributed by atoms with van der Waals surface area (Å²) in [5.41, 5.74) is 2.74. The standard InChI is InChI=1S/C21H16BrN3O2S/c1-27-18-7-2-4-14(10-18)19-9-8-15(12-23)21(25-19)28-13-20(26)24-17-6-3-5-16(22)11-17/h2-11H,13H2,1H3,(H,24,26). The van der Waals surface area contributed by atoms with Gasteiger partial charge in [0, 0.05) is 15.7 Å². The highest BCUT2D eigenvalue weighted by atomic mass is 79.9. The first-order chi connectivity index (χ1) is 13.6. The first-order valence-electron chi connectivity index (χ1n) is 8.33. The smallest absolute Gasteiger partial charge is 0.234 e. The van der Waals surface area contributed by atoms with Crippen LogP contribution in [-0.4, -0.2) is 23.8 Å². The fraction of sp³-hybridized carbons (Fsp3) is 0.0952. The van der Waals surface area contributed by atoms with E-state index in [0.29, 0.717) is 22.0 Å². The minimum atomic E-state index is -0.166. The molecule has 0 saturated carbocycles. The van der Waals surface area contributed by atoms with E-state index in [2.05, 4.69) is 32.3 Å². The molecule has 0 aliphatic heterocycles. The predicted octanol–water partition coefficient (Wildman–Crippen LogP) is 5.12. The second-order valence-corrected chi connectivity index (χ2v) is 7.62. The van der Waals surface area contributed by atoms with E-state index >= 15 is 0 Å². The van der Waals surface area contributed by atoms with Gasteiger partial charge in [0.2, 0.25) is 5.91 Å². The molecule has 1 N–H and O–H groups in total. The number of carbonyl (C=O) groups is 1. The molecule has 7 heteroatoms. The van der Waals surface area contributed by atoms with E-state index in [4.69, 9.17) is 4.74 Å². The molecule has 1 heterocycles. The molecule has 0 aliphatic rings. The summed E-state index contributed by atoms with van der Waals surface area (Å²) >= 11 is 4.61. The zero-order chi connectivity index (χ0) is 19.9. The Kier molecular flexibility index (Phi) is 6.69. The summed E-state index contributed by atoms with van der Waals surface area (Å²) in [6, 6.07) is 20.6. The lowest BCUT2D eigenvalue weighted by Crippen LogP contribution is -2.14. The molecular weight excluding hydrogens is 438 g/mol. The van der Waals surface area contributed by atoms with E-state index in [1.54, 1.807) is 19.2 Å². The molecule has 0 spiro atoms. The maximum atomic E-state index is 12.3. The molecular formula is C21H16BrN3O2S. The van der Waals surface area contributed by atoms with Crippen molar-refractivity contribution < 1.29 is 9.53 Å². The van der Waals surface area contributed by atoms with Crippen molar-refractivity contribution in [3.63, 3.8) is 0 Å². The molecule has 3 aromatic rings. The van der Waals surface area contributed by atoms with Crippen LogP contribution in [0.2, 0.25) is 0 Å². The number of benzene rings is 2. The number of nitrogens with zero attached hydrogens (tertiary/aromatic N) is 2. The van der Waals surface area contributed by atoms with E-state index < -0.39 is 0 Å². The zero-order valence-corrected chi connectivity index (χ0v) is 17.4. The minimum absolute atomic E-state index is 0.149. The maximum Gasteiger partial charge on any atom is 0.234 e. The quantitative estimate of drug-likeness (QED) is 0.524. The number of aromatic nitrogens is 1. The molecule has 0 unspecified atom stereocenters. The van der Waals surface area contributed by atoms with Gasteiger partial charge < -0.3 is 10.1 Å². The number of amides is 1. The molecule has 0 atom stereocenters. The summed E-state index contributed by atoms with van der Waals surface area (Å²) in [7, 11) is 1.61. The average Bonchev–Trinajstić information content (AvgIpc) is 2.72. The lowest BCUT2D eigenvalue weighted by atomic mass is 10.1. The van der Waals surface area contributed by atoms with Gasteiger partial charge in [0.15, 0.2) is 0 Å². The molecule has 140 valence electrons. The van der Waals surface area contributed by atoms with Crippen LogP contribution < -0.4 is 10.1 Å². The SMILES string of the molecule is COc1cccc(-c2ccc(C#N)c(SCC(=O)Nc3cccc(Br)c3)n2)c1. The van der Waals surface area contributed by atoms with Crippen molar-refractivity contribution in [2.45, 2.75) is 5.03 Å². The van der Waals surface area contributed by atoms with Gasteiger partial charge >= 0.3 is 0 Å². The Bertz CT molecular complexity index is 1050. The number of anilines is 1. The second-order valence-electron chi connectivity index (χ2n) is 5.74. The van der Waals surface area contributed by atoms with Gasteiger partial charge in [-0.25, -0.2) is 4.98 Å². The Balaban J connectivity index is 1.75. The topological polar surface area (TPSA) is 75.0 Å². The number of nitriles is 1. The van der Waals surface area contributed by atoms with Crippen molar-refractivity contribution in [2.24, 2.45) is 0 Å². The number of carbonyl (C=O) groups excluding carboxylic acids is 1. The van der Waals surface area contributed by atoms with Crippen molar-refractivity contribution in [3.8, 4) is 23.1 Å². The zero-order valence-electron chi connectivity index (χ0n) is 15.0. The van der Waals surface area contributed by atoms with Crippen LogP contribution in [0.15, 0.2) is 70.2 Å². The van der Waals surface area contributed by atoms with E-state index in [0.717, 1.165) is 15.8 Å². The average molecular weight is 454 g/mol. The van der Waals surface area contributed by atoms with Crippen molar-refractivity contribution >= 4 is 39.3 Å². The first-order valence-corrected chi connectivity index (χ1v) is 10.1. The molecule has 0 radical (unpaired) electrons. The van der Waals surface area contributed by atoms with Gasteiger partial charge in [0.25, 0.3) is 0 Å². The molecule has 5 nitrogen and oxygen atoms in total. The summed E-state index contributed by atoms with van der Waals surface area (Å²) in [5.74, 6) is 0.710. The number of pyridine rings is 1. The van der Waals surface area contributed by atoms with Gasteiger partial charge in [-0.2, -0.15) is 5.26 Å². The summed E-state index contributed by atoms with van der Waals surface area (Å²) in [6.07, 6.45) is 0. The van der Waals surface area contributed by atoms with Crippen LogP contribution in [0, 0.1) is 11.3 Å². The van der Waals surface area contributed by atoms with Crippen molar-refractivity contribution in [3.05, 3.63) is 70.7 Å². The monoisotopic (exact) mass is 453 g/mol. The molecule has 0 bridgehead atoms. The van der Waals surface area contributed by atoms with Crippen LogP contribution in [0.3, 0.4) is 0 Å². The van der Waals surface area contributed by atoms with Gasteiger partial charge in [0.1, 0.15) is 16.8 Å². The highest BCUT2D eigenvalue weighted by Crippen LogP contribution is 2.27. The number of nitrogens with one attached hydrogen (secondary N) is 1. The Morgan fingerprint density at radius 2 is 2.04 bits per heavy atom. The Labute approximate surface area is 175 Å². The Morgan fingerprint density at radius 1 is 1.21 bits per heavy atom. The number of rotatable bonds is 6. The number of hydrogen-bond donors (Lipinski definition) is 1. The maximum absolute atomic E-state index is 12.3.